The number of aliphatic carboxylic acids is 1. The normalized spacial score (nSPS) is 31.2. The fraction of sp³-hybridized carbons (Fsp3) is 0.917. The zero-order valence-corrected chi connectivity index (χ0v) is 9.95. The van der Waals surface area contributed by atoms with Gasteiger partial charge in [-0.1, -0.05) is 0 Å². The van der Waals surface area contributed by atoms with Gasteiger partial charge in [0.1, 0.15) is 0 Å². The Morgan fingerprint density at radius 2 is 2.12 bits per heavy atom. The van der Waals surface area contributed by atoms with Crippen LogP contribution in [0.2, 0.25) is 0 Å². The predicted molar refractivity (Wildman–Crippen MR) is 60.4 cm³/mol. The lowest BCUT2D eigenvalue weighted by Crippen LogP contribution is -2.49. The molecule has 0 saturated carbocycles. The van der Waals surface area contributed by atoms with Crippen molar-refractivity contribution in [1.82, 2.24) is 4.90 Å². The summed E-state index contributed by atoms with van der Waals surface area (Å²) in [5.41, 5.74) is -0.508. The van der Waals surface area contributed by atoms with Crippen LogP contribution in [0.4, 0.5) is 0 Å². The predicted octanol–water partition coefficient (Wildman–Crippen LogP) is 1.35. The fourth-order valence-corrected chi connectivity index (χ4v) is 2.61. The van der Waals surface area contributed by atoms with Crippen molar-refractivity contribution >= 4 is 5.97 Å². The van der Waals surface area contributed by atoms with Gasteiger partial charge in [0.25, 0.3) is 0 Å². The lowest BCUT2D eigenvalue weighted by atomic mass is 9.80. The molecule has 0 aromatic rings. The van der Waals surface area contributed by atoms with Crippen molar-refractivity contribution in [3.05, 3.63) is 0 Å². The van der Waals surface area contributed by atoms with Crippen LogP contribution in [0.15, 0.2) is 0 Å². The molecule has 1 N–H and O–H groups in total. The molecule has 2 rings (SSSR count). The Hall–Kier alpha value is -0.610. The molecular weight excluding hydrogens is 206 g/mol. The van der Waals surface area contributed by atoms with Gasteiger partial charge in [-0.05, 0) is 45.7 Å². The quantitative estimate of drug-likeness (QED) is 0.773. The second kappa shape index (κ2) is 4.72. The molecule has 2 aliphatic heterocycles. The topological polar surface area (TPSA) is 49.8 Å². The van der Waals surface area contributed by atoms with Gasteiger partial charge in [0.2, 0.25) is 0 Å². The molecule has 0 aliphatic carbocycles. The number of carboxylic acids is 1. The average molecular weight is 227 g/mol. The standard InChI is InChI=1S/C12H21NO3/c1-12(11(14)15)4-6-13(7-5-12)10-3-2-8-16-9-10/h10H,2-9H2,1H3,(H,14,15). The van der Waals surface area contributed by atoms with Crippen LogP contribution >= 0.6 is 0 Å². The lowest BCUT2D eigenvalue weighted by Gasteiger charge is -2.41. The van der Waals surface area contributed by atoms with Crippen LogP contribution in [0.25, 0.3) is 0 Å². The van der Waals surface area contributed by atoms with Crippen molar-refractivity contribution in [3.63, 3.8) is 0 Å². The van der Waals surface area contributed by atoms with E-state index in [-0.39, 0.29) is 0 Å². The van der Waals surface area contributed by atoms with Gasteiger partial charge in [0.05, 0.1) is 12.0 Å². The lowest BCUT2D eigenvalue weighted by molar-refractivity contribution is -0.151. The number of carboxylic acid groups (broad SMARTS) is 1. The first kappa shape index (κ1) is 11.9. The summed E-state index contributed by atoms with van der Waals surface area (Å²) < 4.78 is 5.48. The minimum atomic E-state index is -0.646. The molecule has 1 unspecified atom stereocenters. The first-order valence-electron chi connectivity index (χ1n) is 6.17. The largest absolute Gasteiger partial charge is 0.481 e. The van der Waals surface area contributed by atoms with E-state index in [1.54, 1.807) is 0 Å². The van der Waals surface area contributed by atoms with Gasteiger partial charge in [-0.25, -0.2) is 0 Å². The number of rotatable bonds is 2. The number of nitrogens with zero attached hydrogens (tertiary/aromatic N) is 1. The molecule has 92 valence electrons. The highest BCUT2D eigenvalue weighted by molar-refractivity contribution is 5.74. The van der Waals surface area contributed by atoms with Gasteiger partial charge in [-0.3, -0.25) is 9.69 Å². The number of hydrogen-bond donors (Lipinski definition) is 1. The van der Waals surface area contributed by atoms with Crippen LogP contribution in [-0.4, -0.2) is 48.3 Å². The zero-order chi connectivity index (χ0) is 11.6. The summed E-state index contributed by atoms with van der Waals surface area (Å²) in [5, 5.41) is 9.15. The molecule has 1 atom stereocenters. The van der Waals surface area contributed by atoms with Crippen LogP contribution in [0, 0.1) is 5.41 Å². The molecule has 0 spiro atoms. The SMILES string of the molecule is CC1(C(=O)O)CCN(C2CCCOC2)CC1. The molecule has 0 bridgehead atoms. The smallest absolute Gasteiger partial charge is 0.309 e. The summed E-state index contributed by atoms with van der Waals surface area (Å²) in [5.74, 6) is -0.646. The number of carbonyl (C=O) groups is 1. The van der Waals surface area contributed by atoms with E-state index < -0.39 is 11.4 Å². The summed E-state index contributed by atoms with van der Waals surface area (Å²) in [6.07, 6.45) is 3.86. The molecule has 0 aromatic heterocycles. The highest BCUT2D eigenvalue weighted by Gasteiger charge is 2.38. The van der Waals surface area contributed by atoms with Gasteiger partial charge in [-0.15, -0.1) is 0 Å². The average Bonchev–Trinajstić information content (AvgIpc) is 2.31. The van der Waals surface area contributed by atoms with E-state index >= 15 is 0 Å². The van der Waals surface area contributed by atoms with E-state index in [1.807, 2.05) is 6.92 Å². The summed E-state index contributed by atoms with van der Waals surface area (Å²) in [4.78, 5) is 13.5. The third kappa shape index (κ3) is 2.38. The summed E-state index contributed by atoms with van der Waals surface area (Å²) in [6.45, 7) is 5.37. The summed E-state index contributed by atoms with van der Waals surface area (Å²) in [7, 11) is 0. The van der Waals surface area contributed by atoms with Crippen LogP contribution < -0.4 is 0 Å². The second-order valence-electron chi connectivity index (χ2n) is 5.27. The molecule has 2 aliphatic rings. The molecule has 0 aromatic carbocycles. The van der Waals surface area contributed by atoms with E-state index in [9.17, 15) is 4.79 Å². The maximum Gasteiger partial charge on any atom is 0.309 e. The van der Waals surface area contributed by atoms with E-state index in [4.69, 9.17) is 9.84 Å². The third-order valence-corrected chi connectivity index (χ3v) is 4.07. The highest BCUT2D eigenvalue weighted by Crippen LogP contribution is 2.32. The van der Waals surface area contributed by atoms with Crippen LogP contribution in [0.1, 0.15) is 32.6 Å². The Morgan fingerprint density at radius 3 is 2.62 bits per heavy atom. The maximum atomic E-state index is 11.1. The van der Waals surface area contributed by atoms with E-state index in [0.29, 0.717) is 6.04 Å². The van der Waals surface area contributed by atoms with E-state index in [0.717, 1.165) is 45.6 Å². The summed E-state index contributed by atoms with van der Waals surface area (Å²) in [6, 6.07) is 0.520. The van der Waals surface area contributed by atoms with Crippen molar-refractivity contribution in [3.8, 4) is 0 Å². The van der Waals surface area contributed by atoms with Crippen molar-refractivity contribution in [2.75, 3.05) is 26.3 Å². The molecule has 16 heavy (non-hydrogen) atoms. The number of ether oxygens (including phenoxy) is 1. The Morgan fingerprint density at radius 1 is 1.44 bits per heavy atom. The van der Waals surface area contributed by atoms with Gasteiger partial charge in [0, 0.05) is 12.6 Å². The zero-order valence-electron chi connectivity index (χ0n) is 9.95. The fourth-order valence-electron chi connectivity index (χ4n) is 2.61. The molecular formula is C12H21NO3. The Kier molecular flexibility index (Phi) is 3.50. The van der Waals surface area contributed by atoms with Crippen LogP contribution in [-0.2, 0) is 9.53 Å². The number of hydrogen-bond acceptors (Lipinski definition) is 3. The second-order valence-corrected chi connectivity index (χ2v) is 5.27. The van der Waals surface area contributed by atoms with Gasteiger partial charge in [-0.2, -0.15) is 0 Å². The Labute approximate surface area is 96.6 Å². The first-order valence-corrected chi connectivity index (χ1v) is 6.17. The van der Waals surface area contributed by atoms with Crippen LogP contribution in [0.3, 0.4) is 0 Å². The first-order chi connectivity index (χ1) is 7.62. The monoisotopic (exact) mass is 227 g/mol. The van der Waals surface area contributed by atoms with Gasteiger partial charge >= 0.3 is 5.97 Å². The molecule has 2 heterocycles. The van der Waals surface area contributed by atoms with Gasteiger partial charge < -0.3 is 9.84 Å². The van der Waals surface area contributed by atoms with Crippen LogP contribution in [0.5, 0.6) is 0 Å². The minimum Gasteiger partial charge on any atom is -0.481 e. The summed E-state index contributed by atoms with van der Waals surface area (Å²) >= 11 is 0. The van der Waals surface area contributed by atoms with Crippen molar-refractivity contribution in [2.24, 2.45) is 5.41 Å². The molecule has 0 amide bonds. The molecule has 0 radical (unpaired) electrons. The third-order valence-electron chi connectivity index (χ3n) is 4.07. The van der Waals surface area contributed by atoms with E-state index in [1.165, 1.54) is 6.42 Å². The molecule has 4 nitrogen and oxygen atoms in total. The number of piperidine rings is 1. The van der Waals surface area contributed by atoms with Gasteiger partial charge in [0.15, 0.2) is 0 Å². The van der Waals surface area contributed by atoms with Crippen molar-refractivity contribution in [2.45, 2.75) is 38.6 Å². The molecule has 2 saturated heterocycles. The Bertz CT molecular complexity index is 253. The molecule has 2 fully saturated rings. The molecule has 4 heteroatoms. The number of likely N-dealkylation sites (tertiary alicyclic amines) is 1. The van der Waals surface area contributed by atoms with Crippen molar-refractivity contribution in [1.29, 1.82) is 0 Å². The minimum absolute atomic E-state index is 0.508. The van der Waals surface area contributed by atoms with E-state index in [2.05, 4.69) is 4.90 Å². The maximum absolute atomic E-state index is 11.1. The van der Waals surface area contributed by atoms with Crippen molar-refractivity contribution < 1.29 is 14.6 Å². The highest BCUT2D eigenvalue weighted by atomic mass is 16.5. The Balaban J connectivity index is 1.87.